The zero-order valence-corrected chi connectivity index (χ0v) is 15.6. The lowest BCUT2D eigenvalue weighted by Crippen LogP contribution is -2.22. The summed E-state index contributed by atoms with van der Waals surface area (Å²) in [6.07, 6.45) is 1.74. The van der Waals surface area contributed by atoms with Crippen molar-refractivity contribution in [3.05, 3.63) is 56.2 Å². The van der Waals surface area contributed by atoms with Crippen LogP contribution in [-0.2, 0) is 4.79 Å². The SMILES string of the molecule is Cc1cc(/C=C2\SC(=O)N(C)C2=O)c(C)n1-c1cc(Cl)ccc1Cl. The van der Waals surface area contributed by atoms with Gasteiger partial charge in [-0.3, -0.25) is 14.5 Å². The first kappa shape index (κ1) is 17.1. The molecule has 0 bridgehead atoms. The molecule has 1 aromatic heterocycles. The lowest BCUT2D eigenvalue weighted by atomic mass is 10.2. The maximum atomic E-state index is 12.1. The summed E-state index contributed by atoms with van der Waals surface area (Å²) in [5.41, 5.74) is 3.52. The lowest BCUT2D eigenvalue weighted by molar-refractivity contribution is -0.121. The fourth-order valence-corrected chi connectivity index (χ4v) is 3.83. The number of aryl methyl sites for hydroxylation is 1. The molecular weight excluding hydrogens is 367 g/mol. The van der Waals surface area contributed by atoms with Crippen molar-refractivity contribution in [3.8, 4) is 5.69 Å². The van der Waals surface area contributed by atoms with Crippen molar-refractivity contribution in [1.82, 2.24) is 9.47 Å². The van der Waals surface area contributed by atoms with Gasteiger partial charge in [-0.1, -0.05) is 23.2 Å². The van der Waals surface area contributed by atoms with Crippen LogP contribution >= 0.6 is 35.0 Å². The number of benzene rings is 1. The standard InChI is InChI=1S/C17H14Cl2N2O2S/c1-9-6-11(7-15-16(22)20(3)17(23)24-15)10(2)21(9)14-8-12(18)4-5-13(14)19/h4-8H,1-3H3/b15-7-. The van der Waals surface area contributed by atoms with Crippen molar-refractivity contribution in [1.29, 1.82) is 0 Å². The van der Waals surface area contributed by atoms with Crippen LogP contribution < -0.4 is 0 Å². The Balaban J connectivity index is 2.10. The minimum absolute atomic E-state index is 0.266. The first-order chi connectivity index (χ1) is 11.3. The number of imide groups is 1. The average molecular weight is 381 g/mol. The molecule has 124 valence electrons. The van der Waals surface area contributed by atoms with E-state index in [9.17, 15) is 9.59 Å². The number of thioether (sulfide) groups is 1. The van der Waals surface area contributed by atoms with Gasteiger partial charge >= 0.3 is 0 Å². The molecular formula is C17H14Cl2N2O2S. The molecule has 0 saturated carbocycles. The number of amides is 2. The van der Waals surface area contributed by atoms with Crippen LogP contribution in [-0.4, -0.2) is 27.7 Å². The third kappa shape index (κ3) is 2.88. The summed E-state index contributed by atoms with van der Waals surface area (Å²) >= 11 is 13.3. The highest BCUT2D eigenvalue weighted by Crippen LogP contribution is 2.34. The minimum atomic E-state index is -0.282. The number of nitrogens with zero attached hydrogens (tertiary/aromatic N) is 2. The van der Waals surface area contributed by atoms with Gasteiger partial charge < -0.3 is 4.57 Å². The Morgan fingerprint density at radius 1 is 1.12 bits per heavy atom. The number of rotatable bonds is 2. The van der Waals surface area contributed by atoms with Gasteiger partial charge in [-0.15, -0.1) is 0 Å². The van der Waals surface area contributed by atoms with E-state index in [0.717, 1.165) is 39.3 Å². The van der Waals surface area contributed by atoms with Gasteiger partial charge in [0.05, 0.1) is 15.6 Å². The number of carbonyl (C=O) groups is 2. The van der Waals surface area contributed by atoms with E-state index in [1.807, 2.05) is 24.5 Å². The molecule has 4 nitrogen and oxygen atoms in total. The topological polar surface area (TPSA) is 42.3 Å². The van der Waals surface area contributed by atoms with Gasteiger partial charge in [-0.25, -0.2) is 0 Å². The summed E-state index contributed by atoms with van der Waals surface area (Å²) < 4.78 is 1.98. The van der Waals surface area contributed by atoms with Crippen molar-refractivity contribution in [2.45, 2.75) is 13.8 Å². The van der Waals surface area contributed by atoms with Crippen molar-refractivity contribution < 1.29 is 9.59 Å². The summed E-state index contributed by atoms with van der Waals surface area (Å²) in [5, 5.41) is 0.912. The predicted octanol–water partition coefficient (Wildman–Crippen LogP) is 5.07. The van der Waals surface area contributed by atoms with E-state index in [-0.39, 0.29) is 11.1 Å². The molecule has 3 rings (SSSR count). The molecule has 7 heteroatoms. The molecule has 2 heterocycles. The minimum Gasteiger partial charge on any atom is -0.316 e. The Morgan fingerprint density at radius 2 is 1.83 bits per heavy atom. The van der Waals surface area contributed by atoms with Gasteiger partial charge in [-0.05, 0) is 61.5 Å². The first-order valence-electron chi connectivity index (χ1n) is 7.15. The van der Waals surface area contributed by atoms with Crippen LogP contribution in [0.15, 0.2) is 29.2 Å². The number of carbonyl (C=O) groups excluding carboxylic acids is 2. The molecule has 1 aliphatic rings. The fraction of sp³-hybridized carbons (Fsp3) is 0.176. The maximum Gasteiger partial charge on any atom is 0.293 e. The third-order valence-corrected chi connectivity index (χ3v) is 5.41. The molecule has 24 heavy (non-hydrogen) atoms. The molecule has 2 aromatic rings. The normalized spacial score (nSPS) is 16.5. The molecule has 2 amide bonds. The highest BCUT2D eigenvalue weighted by molar-refractivity contribution is 8.18. The zero-order valence-electron chi connectivity index (χ0n) is 13.3. The van der Waals surface area contributed by atoms with Crippen molar-refractivity contribution >= 4 is 52.2 Å². The van der Waals surface area contributed by atoms with Gasteiger partial charge in [0, 0.05) is 23.5 Å². The van der Waals surface area contributed by atoms with Gasteiger partial charge in [0.15, 0.2) is 0 Å². The van der Waals surface area contributed by atoms with E-state index in [1.54, 1.807) is 24.3 Å². The van der Waals surface area contributed by atoms with E-state index < -0.39 is 0 Å². The van der Waals surface area contributed by atoms with Crippen molar-refractivity contribution in [2.24, 2.45) is 0 Å². The van der Waals surface area contributed by atoms with E-state index in [2.05, 4.69) is 0 Å². The third-order valence-electron chi connectivity index (χ3n) is 3.89. The molecule has 0 atom stereocenters. The predicted molar refractivity (Wildman–Crippen MR) is 99.0 cm³/mol. The Bertz CT molecular complexity index is 902. The van der Waals surface area contributed by atoms with Crippen LogP contribution in [0.4, 0.5) is 4.79 Å². The monoisotopic (exact) mass is 380 g/mol. The van der Waals surface area contributed by atoms with Gasteiger partial charge in [0.1, 0.15) is 0 Å². The van der Waals surface area contributed by atoms with Crippen LogP contribution in [0.5, 0.6) is 0 Å². The molecule has 0 N–H and O–H groups in total. The van der Waals surface area contributed by atoms with Gasteiger partial charge in [-0.2, -0.15) is 0 Å². The average Bonchev–Trinajstić information content (AvgIpc) is 2.93. The van der Waals surface area contributed by atoms with E-state index in [1.165, 1.54) is 7.05 Å². The van der Waals surface area contributed by atoms with E-state index in [4.69, 9.17) is 23.2 Å². The largest absolute Gasteiger partial charge is 0.316 e. The Hall–Kier alpha value is -1.69. The summed E-state index contributed by atoms with van der Waals surface area (Å²) in [4.78, 5) is 25.2. The van der Waals surface area contributed by atoms with Crippen molar-refractivity contribution in [3.63, 3.8) is 0 Å². The number of hydrogen-bond donors (Lipinski definition) is 0. The van der Waals surface area contributed by atoms with Gasteiger partial charge in [0.2, 0.25) is 0 Å². The van der Waals surface area contributed by atoms with Crippen LogP contribution in [0.3, 0.4) is 0 Å². The molecule has 0 spiro atoms. The Labute approximate surface area is 154 Å². The Kier molecular flexibility index (Phi) is 4.51. The highest BCUT2D eigenvalue weighted by atomic mass is 35.5. The second-order valence-corrected chi connectivity index (χ2v) is 7.34. The number of aromatic nitrogens is 1. The number of halogens is 2. The highest BCUT2D eigenvalue weighted by Gasteiger charge is 2.32. The van der Waals surface area contributed by atoms with E-state index in [0.29, 0.717) is 15.0 Å². The summed E-state index contributed by atoms with van der Waals surface area (Å²) in [7, 11) is 1.48. The second-order valence-electron chi connectivity index (χ2n) is 5.50. The smallest absolute Gasteiger partial charge is 0.293 e. The maximum absolute atomic E-state index is 12.1. The quantitative estimate of drug-likeness (QED) is 0.683. The summed E-state index contributed by atoms with van der Waals surface area (Å²) in [5.74, 6) is -0.282. The fourth-order valence-electron chi connectivity index (χ4n) is 2.65. The molecule has 1 aliphatic heterocycles. The Morgan fingerprint density at radius 3 is 2.46 bits per heavy atom. The molecule has 1 fully saturated rings. The lowest BCUT2D eigenvalue weighted by Gasteiger charge is -2.12. The molecule has 0 radical (unpaired) electrons. The molecule has 1 aromatic carbocycles. The second kappa shape index (κ2) is 6.31. The van der Waals surface area contributed by atoms with Gasteiger partial charge in [0.25, 0.3) is 11.1 Å². The van der Waals surface area contributed by atoms with Crippen molar-refractivity contribution in [2.75, 3.05) is 7.05 Å². The van der Waals surface area contributed by atoms with Crippen LogP contribution in [0.2, 0.25) is 10.0 Å². The van der Waals surface area contributed by atoms with Crippen LogP contribution in [0, 0.1) is 13.8 Å². The van der Waals surface area contributed by atoms with Crippen LogP contribution in [0.1, 0.15) is 17.0 Å². The number of hydrogen-bond acceptors (Lipinski definition) is 3. The number of likely N-dealkylation sites (N-methyl/N-ethyl adjacent to an activating group) is 1. The first-order valence-corrected chi connectivity index (χ1v) is 8.72. The zero-order chi connectivity index (χ0) is 17.6. The van der Waals surface area contributed by atoms with Crippen LogP contribution in [0.25, 0.3) is 11.8 Å². The molecule has 0 unspecified atom stereocenters. The summed E-state index contributed by atoms with van der Waals surface area (Å²) in [6.45, 7) is 3.89. The molecule has 1 saturated heterocycles. The van der Waals surface area contributed by atoms with E-state index >= 15 is 0 Å². The molecule has 0 aliphatic carbocycles. The summed E-state index contributed by atoms with van der Waals surface area (Å²) in [6, 6.07) is 7.24.